The summed E-state index contributed by atoms with van der Waals surface area (Å²) in [5, 5.41) is 1.11. The number of nitrogens with zero attached hydrogens (tertiary/aromatic N) is 3. The van der Waals surface area contributed by atoms with Crippen molar-refractivity contribution in [3.8, 4) is 0 Å². The number of halogens is 1. The number of unbranched alkanes of at least 4 members (excludes halogenated alkanes) is 1. The second-order valence-electron chi connectivity index (χ2n) is 7.34. The van der Waals surface area contributed by atoms with Crippen LogP contribution in [-0.2, 0) is 4.79 Å². The number of thioether (sulfide) groups is 1. The number of amides is 1. The quantitative estimate of drug-likeness (QED) is 0.706. The Labute approximate surface area is 163 Å². The van der Waals surface area contributed by atoms with Crippen LogP contribution in [0.5, 0.6) is 0 Å². The molecule has 1 aromatic carbocycles. The first kappa shape index (κ1) is 18.6. The number of benzene rings is 1. The lowest BCUT2D eigenvalue weighted by Gasteiger charge is -2.35. The minimum atomic E-state index is -0.267. The summed E-state index contributed by atoms with van der Waals surface area (Å²) in [6.07, 6.45) is 3.93. The van der Waals surface area contributed by atoms with Crippen molar-refractivity contribution < 1.29 is 13.6 Å². The molecule has 0 radical (unpaired) electrons. The maximum Gasteiger partial charge on any atom is 0.236 e. The normalized spacial score (nSPS) is 21.6. The Morgan fingerprint density at radius 3 is 2.70 bits per heavy atom. The Morgan fingerprint density at radius 2 is 1.96 bits per heavy atom. The zero-order chi connectivity index (χ0) is 18.8. The Morgan fingerprint density at radius 1 is 1.19 bits per heavy atom. The van der Waals surface area contributed by atoms with Crippen LogP contribution in [0.25, 0.3) is 11.0 Å². The predicted molar refractivity (Wildman–Crippen MR) is 108 cm³/mol. The van der Waals surface area contributed by atoms with Crippen LogP contribution >= 0.6 is 11.8 Å². The van der Waals surface area contributed by atoms with E-state index in [0.29, 0.717) is 11.5 Å². The third kappa shape index (κ3) is 4.09. The molecule has 0 bridgehead atoms. The van der Waals surface area contributed by atoms with Gasteiger partial charge in [-0.05, 0) is 38.4 Å². The smallest absolute Gasteiger partial charge is 0.236 e. The second-order valence-corrected chi connectivity index (χ2v) is 8.64. The van der Waals surface area contributed by atoms with E-state index in [9.17, 15) is 9.18 Å². The minimum Gasteiger partial charge on any atom is -0.462 e. The maximum absolute atomic E-state index is 13.3. The third-order valence-electron chi connectivity index (χ3n) is 5.52. The summed E-state index contributed by atoms with van der Waals surface area (Å²) in [4.78, 5) is 18.7. The van der Waals surface area contributed by atoms with Crippen molar-refractivity contribution in [1.82, 2.24) is 9.80 Å². The number of rotatable bonds is 6. The zero-order valence-electron chi connectivity index (χ0n) is 15.7. The highest BCUT2D eigenvalue weighted by molar-refractivity contribution is 8.01. The van der Waals surface area contributed by atoms with Crippen molar-refractivity contribution in [1.29, 1.82) is 0 Å². The fourth-order valence-electron chi connectivity index (χ4n) is 3.85. The summed E-state index contributed by atoms with van der Waals surface area (Å²) in [5.74, 6) is 0.874. The zero-order valence-corrected chi connectivity index (χ0v) is 16.5. The highest BCUT2D eigenvalue weighted by Gasteiger charge is 2.28. The van der Waals surface area contributed by atoms with E-state index in [2.05, 4.69) is 9.80 Å². The summed E-state index contributed by atoms with van der Waals surface area (Å²) in [6, 6.07) is 4.73. The molecule has 1 unspecified atom stereocenters. The van der Waals surface area contributed by atoms with Gasteiger partial charge in [-0.2, -0.15) is 0 Å². The first-order valence-electron chi connectivity index (χ1n) is 9.66. The van der Waals surface area contributed by atoms with E-state index in [4.69, 9.17) is 4.42 Å². The Hall–Kier alpha value is -1.73. The molecule has 2 fully saturated rings. The maximum atomic E-state index is 13.3. The fraction of sp³-hybridized carbons (Fsp3) is 0.550. The van der Waals surface area contributed by atoms with Gasteiger partial charge in [0.15, 0.2) is 0 Å². The van der Waals surface area contributed by atoms with Crippen LogP contribution in [0.1, 0.15) is 19.8 Å². The van der Waals surface area contributed by atoms with Crippen LogP contribution in [0.4, 0.5) is 10.1 Å². The van der Waals surface area contributed by atoms with Crippen molar-refractivity contribution in [3.05, 3.63) is 30.3 Å². The van der Waals surface area contributed by atoms with E-state index in [1.165, 1.54) is 12.1 Å². The van der Waals surface area contributed by atoms with Gasteiger partial charge in [-0.25, -0.2) is 4.39 Å². The van der Waals surface area contributed by atoms with Crippen LogP contribution in [0, 0.1) is 5.82 Å². The van der Waals surface area contributed by atoms with Gasteiger partial charge in [0, 0.05) is 44.2 Å². The van der Waals surface area contributed by atoms with E-state index in [0.717, 1.165) is 69.1 Å². The van der Waals surface area contributed by atoms with E-state index >= 15 is 0 Å². The molecule has 3 heterocycles. The number of fused-ring (bicyclic) bond motifs is 1. The molecule has 7 heteroatoms. The van der Waals surface area contributed by atoms with Crippen molar-refractivity contribution in [2.45, 2.75) is 25.0 Å². The van der Waals surface area contributed by atoms with Crippen LogP contribution in [0.15, 0.2) is 28.9 Å². The molecule has 146 valence electrons. The van der Waals surface area contributed by atoms with E-state index in [1.54, 1.807) is 24.1 Å². The van der Waals surface area contributed by atoms with Gasteiger partial charge in [0.2, 0.25) is 5.91 Å². The number of piperazine rings is 1. The monoisotopic (exact) mass is 391 g/mol. The summed E-state index contributed by atoms with van der Waals surface area (Å²) in [6.45, 7) is 7.89. The number of anilines is 1. The van der Waals surface area contributed by atoms with E-state index in [-0.39, 0.29) is 11.1 Å². The van der Waals surface area contributed by atoms with Gasteiger partial charge in [-0.15, -0.1) is 11.8 Å². The molecule has 1 aromatic heterocycles. The van der Waals surface area contributed by atoms with Crippen molar-refractivity contribution in [3.63, 3.8) is 0 Å². The summed E-state index contributed by atoms with van der Waals surface area (Å²) < 4.78 is 18.8. The lowest BCUT2D eigenvalue weighted by Crippen LogP contribution is -2.46. The van der Waals surface area contributed by atoms with Gasteiger partial charge < -0.3 is 14.2 Å². The minimum absolute atomic E-state index is 0.133. The largest absolute Gasteiger partial charge is 0.462 e. The molecular formula is C20H26FN3O2S. The number of carbonyl (C=O) groups excluding carboxylic acids is 1. The molecule has 5 nitrogen and oxygen atoms in total. The first-order valence-corrected chi connectivity index (χ1v) is 10.7. The molecule has 2 saturated heterocycles. The summed E-state index contributed by atoms with van der Waals surface area (Å²) in [7, 11) is 0. The summed E-state index contributed by atoms with van der Waals surface area (Å²) in [5.41, 5.74) is 1.67. The number of carbonyl (C=O) groups is 1. The lowest BCUT2D eigenvalue weighted by atomic mass is 10.2. The molecule has 1 atom stereocenters. The lowest BCUT2D eigenvalue weighted by molar-refractivity contribution is -0.128. The van der Waals surface area contributed by atoms with Crippen molar-refractivity contribution in [2.24, 2.45) is 0 Å². The highest BCUT2D eigenvalue weighted by Crippen LogP contribution is 2.30. The molecule has 2 aliphatic rings. The van der Waals surface area contributed by atoms with Crippen LogP contribution in [0.2, 0.25) is 0 Å². The van der Waals surface area contributed by atoms with E-state index < -0.39 is 0 Å². The van der Waals surface area contributed by atoms with Crippen LogP contribution in [0.3, 0.4) is 0 Å². The molecule has 1 amide bonds. The van der Waals surface area contributed by atoms with E-state index in [1.807, 2.05) is 11.8 Å². The average molecular weight is 392 g/mol. The molecule has 0 saturated carbocycles. The van der Waals surface area contributed by atoms with Gasteiger partial charge >= 0.3 is 0 Å². The molecule has 4 rings (SSSR count). The molecule has 0 aliphatic carbocycles. The number of hydrogen-bond donors (Lipinski definition) is 0. The third-order valence-corrected chi connectivity index (χ3v) is 6.68. The molecule has 2 aromatic rings. The van der Waals surface area contributed by atoms with Gasteiger partial charge in [-0.1, -0.05) is 0 Å². The predicted octanol–water partition coefficient (Wildman–Crippen LogP) is 3.40. The Kier molecular flexibility index (Phi) is 5.59. The molecule has 0 N–H and O–H groups in total. The molecular weight excluding hydrogens is 365 g/mol. The SMILES string of the molecule is CC1SCN(CCCCN2CCN(c3coc4cc(F)ccc34)CC2)C1=O. The topological polar surface area (TPSA) is 39.9 Å². The summed E-state index contributed by atoms with van der Waals surface area (Å²) >= 11 is 1.73. The Bertz CT molecular complexity index is 804. The van der Waals surface area contributed by atoms with Gasteiger partial charge in [0.05, 0.1) is 16.8 Å². The number of hydrogen-bond acceptors (Lipinski definition) is 5. The van der Waals surface area contributed by atoms with Gasteiger partial charge in [0.25, 0.3) is 0 Å². The standard InChI is InChI=1S/C20H26FN3O2S/c1-15-20(25)24(14-27-15)7-3-2-6-22-8-10-23(11-9-22)18-13-26-19-12-16(21)4-5-17(18)19/h4-5,12-13,15H,2-3,6-11,14H2,1H3. The fourth-order valence-corrected chi connectivity index (χ4v) is 4.80. The number of furan rings is 1. The van der Waals surface area contributed by atoms with Crippen molar-refractivity contribution in [2.75, 3.05) is 50.0 Å². The first-order chi connectivity index (χ1) is 13.1. The molecule has 2 aliphatic heterocycles. The van der Waals surface area contributed by atoms with Gasteiger partial charge in [0.1, 0.15) is 17.7 Å². The van der Waals surface area contributed by atoms with Crippen LogP contribution < -0.4 is 4.90 Å². The highest BCUT2D eigenvalue weighted by atomic mass is 32.2. The van der Waals surface area contributed by atoms with Crippen LogP contribution in [-0.4, -0.2) is 66.1 Å². The average Bonchev–Trinajstić information content (AvgIpc) is 3.23. The second kappa shape index (κ2) is 8.10. The molecule has 27 heavy (non-hydrogen) atoms. The molecule has 0 spiro atoms. The van der Waals surface area contributed by atoms with Crippen molar-refractivity contribution >= 4 is 34.3 Å². The Balaban J connectivity index is 1.21. The van der Waals surface area contributed by atoms with Gasteiger partial charge in [-0.3, -0.25) is 9.69 Å².